The number of sulfonamides is 1. The molecule has 1 atom stereocenters. The van der Waals surface area contributed by atoms with Crippen LogP contribution in [-0.4, -0.2) is 43.8 Å². The number of nitrogens with one attached hydrogen (secondary N) is 1. The van der Waals surface area contributed by atoms with Crippen LogP contribution in [0.15, 0.2) is 47.6 Å². The molecule has 11 heteroatoms. The molecule has 166 valence electrons. The summed E-state index contributed by atoms with van der Waals surface area (Å²) in [5.74, 6) is -1.46. The summed E-state index contributed by atoms with van der Waals surface area (Å²) in [6.45, 7) is 2.27. The van der Waals surface area contributed by atoms with Gasteiger partial charge < -0.3 is 15.3 Å². The first-order valence-electron chi connectivity index (χ1n) is 9.69. The summed E-state index contributed by atoms with van der Waals surface area (Å²) in [6.07, 6.45) is 3.67. The second-order valence-electron chi connectivity index (χ2n) is 7.09. The Balaban J connectivity index is 1.71. The molecule has 1 amide bonds. The number of ether oxygens (including phenoxy) is 1. The molecule has 1 N–H and O–H groups in total. The van der Waals surface area contributed by atoms with E-state index >= 15 is 0 Å². The number of esters is 1. The Morgan fingerprint density at radius 1 is 1.16 bits per heavy atom. The molecule has 2 heterocycles. The fourth-order valence-corrected chi connectivity index (χ4v) is 4.79. The van der Waals surface area contributed by atoms with Crippen molar-refractivity contribution in [3.8, 4) is 0 Å². The summed E-state index contributed by atoms with van der Waals surface area (Å²) in [6, 6.07) is 6.62. The van der Waals surface area contributed by atoms with E-state index in [1.54, 1.807) is 0 Å². The van der Waals surface area contributed by atoms with Crippen molar-refractivity contribution in [2.24, 2.45) is 0 Å². The highest BCUT2D eigenvalue weighted by Crippen LogP contribution is 2.28. The lowest BCUT2D eigenvalue weighted by atomic mass is 10.2. The lowest BCUT2D eigenvalue weighted by Gasteiger charge is -2.26. The fourth-order valence-electron chi connectivity index (χ4n) is 3.08. The molecule has 9 nitrogen and oxygen atoms in total. The van der Waals surface area contributed by atoms with E-state index in [0.717, 1.165) is 31.7 Å². The van der Waals surface area contributed by atoms with Crippen molar-refractivity contribution in [3.05, 3.63) is 58.5 Å². The lowest BCUT2D eigenvalue weighted by molar-refractivity contribution is -0.605. The van der Waals surface area contributed by atoms with Crippen LogP contribution in [0.2, 0.25) is 5.02 Å². The third kappa shape index (κ3) is 5.52. The van der Waals surface area contributed by atoms with Gasteiger partial charge >= 0.3 is 5.97 Å². The van der Waals surface area contributed by atoms with Crippen LogP contribution in [0.25, 0.3) is 0 Å². The first-order chi connectivity index (χ1) is 14.7. The van der Waals surface area contributed by atoms with Gasteiger partial charge in [0.15, 0.2) is 18.5 Å². The molecule has 1 aromatic heterocycles. The Labute approximate surface area is 185 Å². The van der Waals surface area contributed by atoms with E-state index in [2.05, 4.69) is 5.32 Å². The Morgan fingerprint density at radius 2 is 1.81 bits per heavy atom. The number of carbonyl (C=O) groups is 2. The molecule has 2 aromatic rings. The van der Waals surface area contributed by atoms with Crippen LogP contribution in [-0.2, 0) is 19.6 Å². The lowest BCUT2D eigenvalue weighted by Crippen LogP contribution is -2.35. The number of halogens is 1. The van der Waals surface area contributed by atoms with Crippen LogP contribution in [0.5, 0.6) is 0 Å². The number of aromatic nitrogens is 1. The molecule has 1 aliphatic rings. The molecule has 3 rings (SSSR count). The van der Waals surface area contributed by atoms with Crippen LogP contribution < -0.4 is 10.0 Å². The van der Waals surface area contributed by atoms with E-state index in [4.69, 9.17) is 16.3 Å². The molecule has 1 saturated heterocycles. The molecule has 1 aromatic carbocycles. The normalized spacial score (nSPS) is 15.8. The standard InChI is InChI=1S/C20H22ClN3O6S/c1-14(30-20(26)15-7-11-23(27)12-8-15)19(25)22-18-13-16(5-6-17(18)21)31(28,29)24-9-3-2-4-10-24/h5-8,11-14H,2-4,9-10H2,1H3,(H,22,25)/t14-/m0/s1. The third-order valence-corrected chi connectivity index (χ3v) is 7.06. The fraction of sp³-hybridized carbons (Fsp3) is 0.350. The van der Waals surface area contributed by atoms with E-state index in [1.807, 2.05) is 0 Å². The summed E-state index contributed by atoms with van der Waals surface area (Å²) in [7, 11) is -3.71. The zero-order valence-corrected chi connectivity index (χ0v) is 18.4. The van der Waals surface area contributed by atoms with E-state index < -0.39 is 28.0 Å². The maximum atomic E-state index is 12.9. The molecule has 0 radical (unpaired) electrons. The predicted octanol–water partition coefficient (Wildman–Crippen LogP) is 2.33. The molecule has 1 aliphatic heterocycles. The zero-order valence-electron chi connectivity index (χ0n) is 16.8. The van der Waals surface area contributed by atoms with Gasteiger partial charge in [0.25, 0.3) is 5.91 Å². The zero-order chi connectivity index (χ0) is 22.6. The van der Waals surface area contributed by atoms with Crippen LogP contribution in [0.4, 0.5) is 5.69 Å². The molecular formula is C20H22ClN3O6S. The second-order valence-corrected chi connectivity index (χ2v) is 9.44. The van der Waals surface area contributed by atoms with Crippen LogP contribution >= 0.6 is 11.6 Å². The van der Waals surface area contributed by atoms with Gasteiger partial charge in [0, 0.05) is 25.2 Å². The highest BCUT2D eigenvalue weighted by atomic mass is 35.5. The van der Waals surface area contributed by atoms with Gasteiger partial charge in [0.05, 0.1) is 21.2 Å². The van der Waals surface area contributed by atoms with Gasteiger partial charge in [0.2, 0.25) is 10.0 Å². The van der Waals surface area contributed by atoms with Crippen molar-refractivity contribution in [1.82, 2.24) is 4.31 Å². The number of pyridine rings is 1. The van der Waals surface area contributed by atoms with Crippen LogP contribution in [0, 0.1) is 5.21 Å². The molecule has 1 fully saturated rings. The quantitative estimate of drug-likeness (QED) is 0.395. The van der Waals surface area contributed by atoms with E-state index in [1.165, 1.54) is 41.6 Å². The molecule has 0 bridgehead atoms. The summed E-state index contributed by atoms with van der Waals surface area (Å²) < 4.78 is 32.8. The number of benzene rings is 1. The summed E-state index contributed by atoms with van der Waals surface area (Å²) in [5.41, 5.74) is 0.208. The third-order valence-electron chi connectivity index (χ3n) is 4.84. The monoisotopic (exact) mass is 467 g/mol. The first-order valence-corrected chi connectivity index (χ1v) is 11.5. The summed E-state index contributed by atoms with van der Waals surface area (Å²) in [4.78, 5) is 24.6. The highest BCUT2D eigenvalue weighted by Gasteiger charge is 2.27. The Bertz CT molecular complexity index is 1070. The minimum Gasteiger partial charge on any atom is -0.619 e. The number of hydrogen-bond acceptors (Lipinski definition) is 6. The average Bonchev–Trinajstić information content (AvgIpc) is 2.76. The smallest absolute Gasteiger partial charge is 0.339 e. The number of rotatable bonds is 6. The topological polar surface area (TPSA) is 120 Å². The largest absolute Gasteiger partial charge is 0.619 e. The molecule has 0 unspecified atom stereocenters. The maximum Gasteiger partial charge on any atom is 0.339 e. The van der Waals surface area contributed by atoms with Crippen molar-refractivity contribution in [2.45, 2.75) is 37.2 Å². The number of carbonyl (C=O) groups excluding carboxylic acids is 2. The van der Waals surface area contributed by atoms with Gasteiger partial charge in [-0.2, -0.15) is 9.04 Å². The van der Waals surface area contributed by atoms with Crippen molar-refractivity contribution in [1.29, 1.82) is 0 Å². The van der Waals surface area contributed by atoms with E-state index in [9.17, 15) is 23.2 Å². The summed E-state index contributed by atoms with van der Waals surface area (Å²) >= 11 is 6.13. The number of nitrogens with zero attached hydrogens (tertiary/aromatic N) is 2. The van der Waals surface area contributed by atoms with Crippen molar-refractivity contribution >= 4 is 39.2 Å². The highest BCUT2D eigenvalue weighted by molar-refractivity contribution is 7.89. The second kappa shape index (κ2) is 9.63. The average molecular weight is 468 g/mol. The number of anilines is 1. The van der Waals surface area contributed by atoms with Crippen molar-refractivity contribution < 1.29 is 27.5 Å². The number of piperidine rings is 1. The van der Waals surface area contributed by atoms with Crippen LogP contribution in [0.1, 0.15) is 36.5 Å². The van der Waals surface area contributed by atoms with E-state index in [-0.39, 0.29) is 21.2 Å². The Morgan fingerprint density at radius 3 is 2.45 bits per heavy atom. The predicted molar refractivity (Wildman–Crippen MR) is 113 cm³/mol. The minimum absolute atomic E-state index is 0.0222. The number of hydrogen-bond donors (Lipinski definition) is 1. The molecule has 0 spiro atoms. The SMILES string of the molecule is C[C@H](OC(=O)c1cc[n+]([O-])cc1)C(=O)Nc1cc(S(=O)(=O)N2CCCCC2)ccc1Cl. The van der Waals surface area contributed by atoms with Gasteiger partial charge in [-0.25, -0.2) is 13.2 Å². The molecule has 31 heavy (non-hydrogen) atoms. The minimum atomic E-state index is -3.71. The van der Waals surface area contributed by atoms with Gasteiger partial charge in [-0.3, -0.25) is 4.79 Å². The van der Waals surface area contributed by atoms with E-state index in [0.29, 0.717) is 17.8 Å². The van der Waals surface area contributed by atoms with Gasteiger partial charge in [-0.05, 0) is 38.0 Å². The Kier molecular flexibility index (Phi) is 7.14. The number of amides is 1. The molecule has 0 aliphatic carbocycles. The van der Waals surface area contributed by atoms with Gasteiger partial charge in [-0.15, -0.1) is 0 Å². The molecule has 0 saturated carbocycles. The summed E-state index contributed by atoms with van der Waals surface area (Å²) in [5, 5.41) is 13.7. The van der Waals surface area contributed by atoms with Gasteiger partial charge in [0.1, 0.15) is 0 Å². The molecular weight excluding hydrogens is 446 g/mol. The van der Waals surface area contributed by atoms with Crippen LogP contribution in [0.3, 0.4) is 0 Å². The maximum absolute atomic E-state index is 12.9. The van der Waals surface area contributed by atoms with Crippen molar-refractivity contribution in [3.63, 3.8) is 0 Å². The van der Waals surface area contributed by atoms with Gasteiger partial charge in [-0.1, -0.05) is 18.0 Å². The first kappa shape index (κ1) is 23.0. The Hall–Kier alpha value is -2.69. The van der Waals surface area contributed by atoms with Crippen molar-refractivity contribution in [2.75, 3.05) is 18.4 Å².